The average Bonchev–Trinajstić information content (AvgIpc) is 2.38. The zero-order chi connectivity index (χ0) is 13.8. The molecule has 0 saturated heterocycles. The van der Waals surface area contributed by atoms with Gasteiger partial charge in [0.15, 0.2) is 0 Å². The molecule has 2 unspecified atom stereocenters. The Morgan fingerprint density at radius 1 is 1.05 bits per heavy atom. The molecule has 1 aliphatic rings. The van der Waals surface area contributed by atoms with Gasteiger partial charge in [0.1, 0.15) is 0 Å². The molecule has 1 saturated carbocycles. The first-order valence-electron chi connectivity index (χ1n) is 7.53. The highest BCUT2D eigenvalue weighted by atomic mass is 16.3. The van der Waals surface area contributed by atoms with E-state index in [-0.39, 0.29) is 6.10 Å². The van der Waals surface area contributed by atoms with E-state index in [0.717, 1.165) is 19.5 Å². The molecule has 0 spiro atoms. The van der Waals surface area contributed by atoms with Crippen LogP contribution in [0.2, 0.25) is 0 Å². The summed E-state index contributed by atoms with van der Waals surface area (Å²) < 4.78 is 0. The quantitative estimate of drug-likeness (QED) is 0.872. The lowest BCUT2D eigenvalue weighted by atomic mass is 9.86. The third-order valence-electron chi connectivity index (χ3n) is 4.54. The van der Waals surface area contributed by atoms with Gasteiger partial charge in [-0.25, -0.2) is 0 Å². The molecule has 0 radical (unpaired) electrons. The maximum atomic E-state index is 9.96. The van der Waals surface area contributed by atoms with Crippen LogP contribution in [0, 0.1) is 26.7 Å². The molecule has 2 atom stereocenters. The number of aliphatic hydroxyl groups excluding tert-OH is 1. The number of aryl methyl sites for hydroxylation is 3. The van der Waals surface area contributed by atoms with Crippen molar-refractivity contribution in [3.8, 4) is 0 Å². The van der Waals surface area contributed by atoms with Gasteiger partial charge in [-0.2, -0.15) is 0 Å². The Kier molecular flexibility index (Phi) is 5.00. The Labute approximate surface area is 117 Å². The maximum Gasteiger partial charge on any atom is 0.0580 e. The molecule has 0 aromatic heterocycles. The highest BCUT2D eigenvalue weighted by Crippen LogP contribution is 2.23. The van der Waals surface area contributed by atoms with Gasteiger partial charge in [0.25, 0.3) is 0 Å². The van der Waals surface area contributed by atoms with Crippen LogP contribution in [0.25, 0.3) is 0 Å². The first kappa shape index (κ1) is 14.5. The van der Waals surface area contributed by atoms with Gasteiger partial charge < -0.3 is 10.4 Å². The van der Waals surface area contributed by atoms with Gasteiger partial charge in [-0.05, 0) is 61.8 Å². The van der Waals surface area contributed by atoms with Gasteiger partial charge >= 0.3 is 0 Å². The molecule has 0 amide bonds. The van der Waals surface area contributed by atoms with Crippen molar-refractivity contribution >= 4 is 0 Å². The normalized spacial score (nSPS) is 23.6. The molecule has 0 aliphatic heterocycles. The van der Waals surface area contributed by atoms with Crippen LogP contribution in [0.3, 0.4) is 0 Å². The van der Waals surface area contributed by atoms with Crippen LogP contribution < -0.4 is 5.32 Å². The minimum absolute atomic E-state index is 0.0953. The summed E-state index contributed by atoms with van der Waals surface area (Å²) in [6.07, 6.45) is 4.51. The summed E-state index contributed by atoms with van der Waals surface area (Å²) in [7, 11) is 0. The predicted molar refractivity (Wildman–Crippen MR) is 80.3 cm³/mol. The van der Waals surface area contributed by atoms with Crippen LogP contribution in [0.1, 0.15) is 47.9 Å². The lowest BCUT2D eigenvalue weighted by Gasteiger charge is -2.27. The molecule has 19 heavy (non-hydrogen) atoms. The molecule has 106 valence electrons. The van der Waals surface area contributed by atoms with Crippen LogP contribution in [0.4, 0.5) is 0 Å². The summed E-state index contributed by atoms with van der Waals surface area (Å²) in [6.45, 7) is 8.36. The summed E-state index contributed by atoms with van der Waals surface area (Å²) in [5, 5.41) is 13.5. The number of nitrogens with one attached hydrogen (secondary N) is 1. The van der Waals surface area contributed by atoms with Crippen LogP contribution in [-0.4, -0.2) is 17.8 Å². The second-order valence-electron chi connectivity index (χ2n) is 6.11. The Morgan fingerprint density at radius 2 is 1.74 bits per heavy atom. The van der Waals surface area contributed by atoms with Crippen molar-refractivity contribution in [2.45, 2.75) is 59.1 Å². The molecule has 0 heterocycles. The lowest BCUT2D eigenvalue weighted by Crippen LogP contribution is -2.33. The van der Waals surface area contributed by atoms with Crippen molar-refractivity contribution in [1.29, 1.82) is 0 Å². The Balaban J connectivity index is 1.87. The fourth-order valence-electron chi connectivity index (χ4n) is 3.03. The van der Waals surface area contributed by atoms with E-state index in [1.807, 2.05) is 0 Å². The summed E-state index contributed by atoms with van der Waals surface area (Å²) in [6, 6.07) is 4.55. The smallest absolute Gasteiger partial charge is 0.0580 e. The van der Waals surface area contributed by atoms with E-state index in [2.05, 4.69) is 38.2 Å². The number of aliphatic hydroxyl groups is 1. The van der Waals surface area contributed by atoms with Crippen molar-refractivity contribution in [3.63, 3.8) is 0 Å². The first-order chi connectivity index (χ1) is 9.08. The van der Waals surface area contributed by atoms with E-state index < -0.39 is 0 Å². The topological polar surface area (TPSA) is 32.3 Å². The molecule has 2 heteroatoms. The van der Waals surface area contributed by atoms with Crippen molar-refractivity contribution < 1.29 is 5.11 Å². The average molecular weight is 261 g/mol. The van der Waals surface area contributed by atoms with Gasteiger partial charge in [0.05, 0.1) is 6.10 Å². The number of benzene rings is 1. The third-order valence-corrected chi connectivity index (χ3v) is 4.54. The van der Waals surface area contributed by atoms with E-state index in [4.69, 9.17) is 0 Å². The van der Waals surface area contributed by atoms with Crippen molar-refractivity contribution in [2.24, 2.45) is 5.92 Å². The van der Waals surface area contributed by atoms with Gasteiger partial charge in [0, 0.05) is 13.1 Å². The third kappa shape index (κ3) is 3.80. The summed E-state index contributed by atoms with van der Waals surface area (Å²) >= 11 is 0. The van der Waals surface area contributed by atoms with Gasteiger partial charge in [-0.3, -0.25) is 0 Å². The fraction of sp³-hybridized carbons (Fsp3) is 0.647. The molecule has 2 nitrogen and oxygen atoms in total. The number of hydrogen-bond acceptors (Lipinski definition) is 2. The largest absolute Gasteiger partial charge is 0.393 e. The second kappa shape index (κ2) is 6.53. The number of rotatable bonds is 4. The monoisotopic (exact) mass is 261 g/mol. The van der Waals surface area contributed by atoms with Crippen molar-refractivity contribution in [3.05, 3.63) is 34.4 Å². The Bertz CT molecular complexity index is 428. The highest BCUT2D eigenvalue weighted by Gasteiger charge is 2.22. The highest BCUT2D eigenvalue weighted by molar-refractivity contribution is 5.36. The minimum Gasteiger partial charge on any atom is -0.393 e. The first-order valence-corrected chi connectivity index (χ1v) is 7.53. The predicted octanol–water partition coefficient (Wildman–Crippen LogP) is 3.25. The van der Waals surface area contributed by atoms with Crippen LogP contribution in [0.5, 0.6) is 0 Å². The lowest BCUT2D eigenvalue weighted by molar-refractivity contribution is 0.0695. The summed E-state index contributed by atoms with van der Waals surface area (Å²) in [5.41, 5.74) is 5.47. The van der Waals surface area contributed by atoms with E-state index in [1.54, 1.807) is 0 Å². The Morgan fingerprint density at radius 3 is 2.47 bits per heavy atom. The molecular weight excluding hydrogens is 234 g/mol. The van der Waals surface area contributed by atoms with E-state index in [0.29, 0.717) is 5.92 Å². The molecule has 1 fully saturated rings. The fourth-order valence-corrected chi connectivity index (χ4v) is 3.03. The second-order valence-corrected chi connectivity index (χ2v) is 6.11. The molecule has 1 aliphatic carbocycles. The van der Waals surface area contributed by atoms with Gasteiger partial charge in [-0.1, -0.05) is 25.0 Å². The standard InChI is InChI=1S/C17H27NO/c1-12-8-14(3)16(9-13(12)2)11-18-10-15-6-4-5-7-17(15)19/h8-9,15,17-19H,4-7,10-11H2,1-3H3. The van der Waals surface area contributed by atoms with Gasteiger partial charge in [-0.15, -0.1) is 0 Å². The Hall–Kier alpha value is -0.860. The van der Waals surface area contributed by atoms with Crippen LogP contribution in [0.15, 0.2) is 12.1 Å². The molecule has 0 bridgehead atoms. The minimum atomic E-state index is -0.0953. The zero-order valence-electron chi connectivity index (χ0n) is 12.5. The van der Waals surface area contributed by atoms with E-state index >= 15 is 0 Å². The summed E-state index contributed by atoms with van der Waals surface area (Å²) in [4.78, 5) is 0. The number of hydrogen-bond donors (Lipinski definition) is 2. The molecule has 1 aromatic rings. The molecular formula is C17H27NO. The van der Waals surface area contributed by atoms with Gasteiger partial charge in [0.2, 0.25) is 0 Å². The van der Waals surface area contributed by atoms with E-state index in [1.165, 1.54) is 41.5 Å². The maximum absolute atomic E-state index is 9.96. The molecule has 2 rings (SSSR count). The van der Waals surface area contributed by atoms with Crippen LogP contribution in [-0.2, 0) is 6.54 Å². The zero-order valence-corrected chi connectivity index (χ0v) is 12.5. The van der Waals surface area contributed by atoms with Crippen molar-refractivity contribution in [1.82, 2.24) is 5.32 Å². The molecule has 2 N–H and O–H groups in total. The molecule has 1 aromatic carbocycles. The summed E-state index contributed by atoms with van der Waals surface area (Å²) in [5.74, 6) is 0.445. The van der Waals surface area contributed by atoms with Crippen LogP contribution >= 0.6 is 0 Å². The van der Waals surface area contributed by atoms with Crippen molar-refractivity contribution in [2.75, 3.05) is 6.54 Å². The SMILES string of the molecule is Cc1cc(C)c(CNCC2CCCCC2O)cc1C. The van der Waals surface area contributed by atoms with E-state index in [9.17, 15) is 5.11 Å².